The fourth-order valence-electron chi connectivity index (χ4n) is 2.53. The number of fused-ring (bicyclic) bond motifs is 1. The van der Waals surface area contributed by atoms with E-state index in [-0.39, 0.29) is 12.6 Å². The first-order chi connectivity index (χ1) is 12.4. The van der Waals surface area contributed by atoms with E-state index in [1.165, 1.54) is 0 Å². The van der Waals surface area contributed by atoms with Gasteiger partial charge in [-0.1, -0.05) is 52.0 Å². The normalized spacial score (nSPS) is 14.0. The van der Waals surface area contributed by atoms with Crippen LogP contribution in [0, 0.1) is 11.8 Å². The first kappa shape index (κ1) is 20.5. The molecule has 2 unspecified atom stereocenters. The van der Waals surface area contributed by atoms with Gasteiger partial charge in [0.05, 0.1) is 13.2 Å². The Labute approximate surface area is 157 Å². The first-order valence-corrected chi connectivity index (χ1v) is 9.45. The van der Waals surface area contributed by atoms with Crippen LogP contribution in [0.2, 0.25) is 0 Å². The van der Waals surface area contributed by atoms with Gasteiger partial charge in [-0.2, -0.15) is 0 Å². The summed E-state index contributed by atoms with van der Waals surface area (Å²) >= 11 is 0. The largest absolute Gasteiger partial charge is 0.465 e. The van der Waals surface area contributed by atoms with Crippen molar-refractivity contribution in [2.45, 2.75) is 54.1 Å². The SMILES string of the molecule is CC(C)COC(C)Oc1ccc(OC(C)OCC(C)C)c2ccccc12. The quantitative estimate of drug-likeness (QED) is 0.514. The van der Waals surface area contributed by atoms with Crippen molar-refractivity contribution < 1.29 is 18.9 Å². The minimum Gasteiger partial charge on any atom is -0.465 e. The summed E-state index contributed by atoms with van der Waals surface area (Å²) in [4.78, 5) is 0. The monoisotopic (exact) mass is 360 g/mol. The Kier molecular flexibility index (Phi) is 7.73. The molecule has 0 amide bonds. The summed E-state index contributed by atoms with van der Waals surface area (Å²) in [6.07, 6.45) is -0.609. The third kappa shape index (κ3) is 6.19. The van der Waals surface area contributed by atoms with Gasteiger partial charge in [-0.15, -0.1) is 0 Å². The van der Waals surface area contributed by atoms with Crippen molar-refractivity contribution in [2.24, 2.45) is 11.8 Å². The molecule has 2 aromatic rings. The Morgan fingerprint density at radius 3 is 1.35 bits per heavy atom. The smallest absolute Gasteiger partial charge is 0.197 e. The molecule has 0 aliphatic rings. The van der Waals surface area contributed by atoms with Crippen molar-refractivity contribution in [1.82, 2.24) is 0 Å². The summed E-state index contributed by atoms with van der Waals surface area (Å²) in [6, 6.07) is 11.9. The van der Waals surface area contributed by atoms with Crippen LogP contribution in [0.1, 0.15) is 41.5 Å². The van der Waals surface area contributed by atoms with Crippen molar-refractivity contribution in [3.8, 4) is 11.5 Å². The standard InChI is InChI=1S/C22H32O4/c1-15(2)13-23-17(5)25-21-11-12-22(20-10-8-7-9-19(20)21)26-18(6)24-14-16(3)4/h7-12,15-18H,13-14H2,1-6H3. The zero-order valence-electron chi connectivity index (χ0n) is 16.8. The fourth-order valence-corrected chi connectivity index (χ4v) is 2.53. The molecular formula is C22H32O4. The zero-order chi connectivity index (χ0) is 19.1. The van der Waals surface area contributed by atoms with Crippen LogP contribution >= 0.6 is 0 Å². The lowest BCUT2D eigenvalue weighted by Crippen LogP contribution is -2.20. The van der Waals surface area contributed by atoms with Gasteiger partial charge in [0.2, 0.25) is 0 Å². The summed E-state index contributed by atoms with van der Waals surface area (Å²) in [6.45, 7) is 13.7. The van der Waals surface area contributed by atoms with E-state index in [0.717, 1.165) is 22.3 Å². The minimum absolute atomic E-state index is 0.305. The van der Waals surface area contributed by atoms with Gasteiger partial charge in [0, 0.05) is 10.8 Å². The van der Waals surface area contributed by atoms with E-state index >= 15 is 0 Å². The maximum absolute atomic E-state index is 6.01. The van der Waals surface area contributed by atoms with Crippen LogP contribution < -0.4 is 9.47 Å². The van der Waals surface area contributed by atoms with Gasteiger partial charge in [-0.25, -0.2) is 0 Å². The number of benzene rings is 2. The third-order valence-corrected chi connectivity index (χ3v) is 3.76. The lowest BCUT2D eigenvalue weighted by Gasteiger charge is -2.21. The molecule has 4 nitrogen and oxygen atoms in total. The van der Waals surface area contributed by atoms with Crippen LogP contribution in [0.3, 0.4) is 0 Å². The van der Waals surface area contributed by atoms with Crippen molar-refractivity contribution in [3.63, 3.8) is 0 Å². The number of ether oxygens (including phenoxy) is 4. The van der Waals surface area contributed by atoms with Gasteiger partial charge in [-0.05, 0) is 37.8 Å². The van der Waals surface area contributed by atoms with Gasteiger partial charge < -0.3 is 18.9 Å². The topological polar surface area (TPSA) is 36.9 Å². The molecule has 26 heavy (non-hydrogen) atoms. The van der Waals surface area contributed by atoms with Gasteiger partial charge >= 0.3 is 0 Å². The Hall–Kier alpha value is -1.78. The highest BCUT2D eigenvalue weighted by molar-refractivity contribution is 5.93. The van der Waals surface area contributed by atoms with Crippen LogP contribution in [-0.4, -0.2) is 25.8 Å². The van der Waals surface area contributed by atoms with E-state index in [2.05, 4.69) is 27.7 Å². The van der Waals surface area contributed by atoms with Crippen LogP contribution in [0.15, 0.2) is 36.4 Å². The van der Waals surface area contributed by atoms with Gasteiger partial charge in [0.15, 0.2) is 12.6 Å². The molecule has 2 atom stereocenters. The predicted molar refractivity (Wildman–Crippen MR) is 106 cm³/mol. The maximum Gasteiger partial charge on any atom is 0.197 e. The van der Waals surface area contributed by atoms with Crippen molar-refractivity contribution in [3.05, 3.63) is 36.4 Å². The lowest BCUT2D eigenvalue weighted by atomic mass is 10.1. The molecule has 0 fully saturated rings. The van der Waals surface area contributed by atoms with Crippen LogP contribution in [0.5, 0.6) is 11.5 Å². The minimum atomic E-state index is -0.305. The first-order valence-electron chi connectivity index (χ1n) is 9.45. The molecule has 0 aromatic heterocycles. The highest BCUT2D eigenvalue weighted by Gasteiger charge is 2.13. The second-order valence-corrected chi connectivity index (χ2v) is 7.43. The molecule has 0 aliphatic heterocycles. The molecule has 144 valence electrons. The number of rotatable bonds is 10. The van der Waals surface area contributed by atoms with Crippen molar-refractivity contribution in [1.29, 1.82) is 0 Å². The van der Waals surface area contributed by atoms with Crippen molar-refractivity contribution in [2.75, 3.05) is 13.2 Å². The summed E-state index contributed by atoms with van der Waals surface area (Å²) < 4.78 is 23.5. The summed E-state index contributed by atoms with van der Waals surface area (Å²) in [5, 5.41) is 2.00. The fraction of sp³-hybridized carbons (Fsp3) is 0.545. The summed E-state index contributed by atoms with van der Waals surface area (Å²) in [7, 11) is 0. The van der Waals surface area contributed by atoms with Crippen LogP contribution in [0.4, 0.5) is 0 Å². The van der Waals surface area contributed by atoms with Crippen LogP contribution in [-0.2, 0) is 9.47 Å². The molecule has 4 heteroatoms. The molecule has 0 bridgehead atoms. The third-order valence-electron chi connectivity index (χ3n) is 3.76. The van der Waals surface area contributed by atoms with E-state index in [1.807, 2.05) is 50.2 Å². The molecule has 0 heterocycles. The molecular weight excluding hydrogens is 328 g/mol. The van der Waals surface area contributed by atoms with Crippen molar-refractivity contribution >= 4 is 10.8 Å². The summed E-state index contributed by atoms with van der Waals surface area (Å²) in [5.74, 6) is 2.53. The van der Waals surface area contributed by atoms with Crippen LogP contribution in [0.25, 0.3) is 10.8 Å². The van der Waals surface area contributed by atoms with E-state index in [0.29, 0.717) is 25.0 Å². The molecule has 0 saturated carbocycles. The Morgan fingerprint density at radius 2 is 1.00 bits per heavy atom. The number of hydrogen-bond acceptors (Lipinski definition) is 4. The lowest BCUT2D eigenvalue weighted by molar-refractivity contribution is -0.0764. The zero-order valence-corrected chi connectivity index (χ0v) is 16.8. The molecule has 0 radical (unpaired) electrons. The van der Waals surface area contributed by atoms with E-state index < -0.39 is 0 Å². The highest BCUT2D eigenvalue weighted by atomic mass is 16.7. The maximum atomic E-state index is 6.01. The average Bonchev–Trinajstić information content (AvgIpc) is 2.60. The second-order valence-electron chi connectivity index (χ2n) is 7.43. The second kappa shape index (κ2) is 9.79. The molecule has 0 spiro atoms. The predicted octanol–water partition coefficient (Wildman–Crippen LogP) is 5.63. The highest BCUT2D eigenvalue weighted by Crippen LogP contribution is 2.34. The molecule has 0 aliphatic carbocycles. The van der Waals surface area contributed by atoms with E-state index in [9.17, 15) is 0 Å². The number of hydrogen-bond donors (Lipinski definition) is 0. The van der Waals surface area contributed by atoms with Gasteiger partial charge in [0.1, 0.15) is 11.5 Å². The average molecular weight is 360 g/mol. The molecule has 0 saturated heterocycles. The molecule has 0 N–H and O–H groups in total. The van der Waals surface area contributed by atoms with Gasteiger partial charge in [0.25, 0.3) is 0 Å². The Balaban J connectivity index is 2.15. The van der Waals surface area contributed by atoms with E-state index in [1.54, 1.807) is 0 Å². The Morgan fingerprint density at radius 1 is 0.615 bits per heavy atom. The molecule has 2 rings (SSSR count). The van der Waals surface area contributed by atoms with E-state index in [4.69, 9.17) is 18.9 Å². The molecule has 2 aromatic carbocycles. The summed E-state index contributed by atoms with van der Waals surface area (Å²) in [5.41, 5.74) is 0. The van der Waals surface area contributed by atoms with Gasteiger partial charge in [-0.3, -0.25) is 0 Å². The Bertz CT molecular complexity index is 622.